The van der Waals surface area contributed by atoms with Crippen molar-refractivity contribution in [1.82, 2.24) is 4.98 Å². The van der Waals surface area contributed by atoms with Gasteiger partial charge < -0.3 is 10.1 Å². The fraction of sp³-hybridized carbons (Fsp3) is 0.500. The predicted molar refractivity (Wildman–Crippen MR) is 54.5 cm³/mol. The van der Waals surface area contributed by atoms with Gasteiger partial charge in [-0.25, -0.2) is 4.98 Å². The fourth-order valence-electron chi connectivity index (χ4n) is 1.24. The summed E-state index contributed by atoms with van der Waals surface area (Å²) >= 11 is 0. The van der Waals surface area contributed by atoms with E-state index in [9.17, 15) is 26.3 Å². The van der Waals surface area contributed by atoms with Crippen LogP contribution in [0, 0.1) is 0 Å². The zero-order valence-electron chi connectivity index (χ0n) is 9.64. The van der Waals surface area contributed by atoms with Crippen LogP contribution >= 0.6 is 0 Å². The minimum Gasteiger partial charge on any atom is -0.373 e. The summed E-state index contributed by atoms with van der Waals surface area (Å²) < 4.78 is 77.0. The van der Waals surface area contributed by atoms with Crippen LogP contribution in [0.2, 0.25) is 0 Å². The third-order valence-corrected chi connectivity index (χ3v) is 2.06. The number of anilines is 1. The number of nitrogens with one attached hydrogen (secondary N) is 1. The van der Waals surface area contributed by atoms with Crippen molar-refractivity contribution in [2.24, 2.45) is 0 Å². The molecule has 0 amide bonds. The van der Waals surface area contributed by atoms with Crippen LogP contribution in [0.4, 0.5) is 32.2 Å². The Hall–Kier alpha value is -1.51. The van der Waals surface area contributed by atoms with Gasteiger partial charge in [-0.3, -0.25) is 0 Å². The number of hydrogen-bond acceptors (Lipinski definition) is 3. The largest absolute Gasteiger partial charge is 0.423 e. The lowest BCUT2D eigenvalue weighted by molar-refractivity contribution is -0.324. The minimum absolute atomic E-state index is 0.0367. The molecular formula is C10H10F6N2O. The first kappa shape index (κ1) is 15.5. The van der Waals surface area contributed by atoms with E-state index in [0.717, 1.165) is 0 Å². The summed E-state index contributed by atoms with van der Waals surface area (Å²) in [5, 5.41) is 2.60. The SMILES string of the molecule is CNc1cccc(COC(C(F)(F)F)C(F)(F)F)n1. The lowest BCUT2D eigenvalue weighted by Crippen LogP contribution is -2.44. The Morgan fingerprint density at radius 3 is 2.21 bits per heavy atom. The molecule has 9 heteroatoms. The molecule has 1 N–H and O–H groups in total. The van der Waals surface area contributed by atoms with E-state index in [-0.39, 0.29) is 5.69 Å². The number of halogens is 6. The number of ether oxygens (including phenoxy) is 1. The lowest BCUT2D eigenvalue weighted by Gasteiger charge is -2.22. The van der Waals surface area contributed by atoms with Crippen molar-refractivity contribution in [1.29, 1.82) is 0 Å². The molecule has 0 atom stereocenters. The summed E-state index contributed by atoms with van der Waals surface area (Å²) in [5.41, 5.74) is -0.0367. The number of aromatic nitrogens is 1. The van der Waals surface area contributed by atoms with Gasteiger partial charge >= 0.3 is 12.4 Å². The van der Waals surface area contributed by atoms with Crippen molar-refractivity contribution in [3.05, 3.63) is 23.9 Å². The summed E-state index contributed by atoms with van der Waals surface area (Å²) in [6.07, 6.45) is -14.8. The molecule has 1 aromatic heterocycles. The van der Waals surface area contributed by atoms with Gasteiger partial charge in [0.2, 0.25) is 6.10 Å². The summed E-state index contributed by atoms with van der Waals surface area (Å²) in [7, 11) is 1.52. The Balaban J connectivity index is 2.77. The molecule has 108 valence electrons. The first-order valence-corrected chi connectivity index (χ1v) is 5.03. The maximum absolute atomic E-state index is 12.2. The second-order valence-corrected chi connectivity index (χ2v) is 3.54. The molecule has 1 aromatic rings. The van der Waals surface area contributed by atoms with Crippen molar-refractivity contribution in [2.75, 3.05) is 12.4 Å². The van der Waals surface area contributed by atoms with Gasteiger partial charge in [-0.2, -0.15) is 26.3 Å². The van der Waals surface area contributed by atoms with E-state index in [0.29, 0.717) is 5.82 Å². The van der Waals surface area contributed by atoms with Crippen LogP contribution in [-0.2, 0) is 11.3 Å². The molecule has 0 saturated heterocycles. The van der Waals surface area contributed by atoms with Crippen LogP contribution in [0.5, 0.6) is 0 Å². The van der Waals surface area contributed by atoms with E-state index in [1.54, 1.807) is 0 Å². The van der Waals surface area contributed by atoms with Gasteiger partial charge in [0, 0.05) is 7.05 Å². The van der Waals surface area contributed by atoms with E-state index in [1.807, 2.05) is 0 Å². The Morgan fingerprint density at radius 2 is 1.74 bits per heavy atom. The summed E-state index contributed by atoms with van der Waals surface area (Å²) in [6.45, 7) is -0.890. The number of nitrogens with zero attached hydrogens (tertiary/aromatic N) is 1. The van der Waals surface area contributed by atoms with E-state index in [1.165, 1.54) is 25.2 Å². The molecule has 0 spiro atoms. The van der Waals surface area contributed by atoms with Crippen LogP contribution in [0.3, 0.4) is 0 Å². The van der Waals surface area contributed by atoms with E-state index < -0.39 is 25.1 Å². The number of hydrogen-bond donors (Lipinski definition) is 1. The van der Waals surface area contributed by atoms with Crippen molar-refractivity contribution >= 4 is 5.82 Å². The minimum atomic E-state index is -5.52. The van der Waals surface area contributed by atoms with Gasteiger partial charge in [0.15, 0.2) is 0 Å². The van der Waals surface area contributed by atoms with Crippen LogP contribution < -0.4 is 5.32 Å². The molecule has 3 nitrogen and oxygen atoms in total. The molecule has 1 heterocycles. The fourth-order valence-corrected chi connectivity index (χ4v) is 1.24. The maximum atomic E-state index is 12.2. The molecule has 0 radical (unpaired) electrons. The zero-order chi connectivity index (χ0) is 14.7. The summed E-state index contributed by atoms with van der Waals surface area (Å²) in [6, 6.07) is 4.22. The molecule has 0 aliphatic rings. The standard InChI is InChI=1S/C10H10F6N2O/c1-17-7-4-2-3-6(18-7)5-19-8(9(11,12)13)10(14,15)16/h2-4,8H,5H2,1H3,(H,17,18). The predicted octanol–water partition coefficient (Wildman–Crippen LogP) is 3.13. The van der Waals surface area contributed by atoms with Crippen molar-refractivity contribution < 1.29 is 31.1 Å². The van der Waals surface area contributed by atoms with Crippen molar-refractivity contribution in [2.45, 2.75) is 25.1 Å². The van der Waals surface area contributed by atoms with Gasteiger partial charge in [0.25, 0.3) is 0 Å². The summed E-state index contributed by atoms with van der Waals surface area (Å²) in [4.78, 5) is 3.76. The van der Waals surface area contributed by atoms with Crippen LogP contribution in [0.25, 0.3) is 0 Å². The average molecular weight is 288 g/mol. The molecule has 0 aliphatic heterocycles. The van der Waals surface area contributed by atoms with Crippen LogP contribution in [0.15, 0.2) is 18.2 Å². The third kappa shape index (κ3) is 4.58. The van der Waals surface area contributed by atoms with Gasteiger partial charge in [-0.1, -0.05) is 6.07 Å². The smallest absolute Gasteiger partial charge is 0.373 e. The van der Waals surface area contributed by atoms with E-state index in [2.05, 4.69) is 15.0 Å². The highest BCUT2D eigenvalue weighted by Crippen LogP contribution is 2.36. The molecular weight excluding hydrogens is 278 g/mol. The van der Waals surface area contributed by atoms with Gasteiger partial charge in [0.1, 0.15) is 5.82 Å². The van der Waals surface area contributed by atoms with Crippen molar-refractivity contribution in [3.8, 4) is 0 Å². The second-order valence-electron chi connectivity index (χ2n) is 3.54. The van der Waals surface area contributed by atoms with Gasteiger partial charge in [0.05, 0.1) is 12.3 Å². The highest BCUT2D eigenvalue weighted by molar-refractivity contribution is 5.34. The lowest BCUT2D eigenvalue weighted by atomic mass is 10.3. The maximum Gasteiger partial charge on any atom is 0.423 e. The third-order valence-electron chi connectivity index (χ3n) is 2.06. The molecule has 1 rings (SSSR count). The molecule has 0 aliphatic carbocycles. The zero-order valence-corrected chi connectivity index (χ0v) is 9.64. The number of pyridine rings is 1. The topological polar surface area (TPSA) is 34.1 Å². The molecule has 0 unspecified atom stereocenters. The molecule has 0 fully saturated rings. The molecule has 0 saturated carbocycles. The summed E-state index contributed by atoms with van der Waals surface area (Å²) in [5.74, 6) is 0.316. The van der Waals surface area contributed by atoms with Crippen molar-refractivity contribution in [3.63, 3.8) is 0 Å². The number of rotatable bonds is 4. The Bertz CT molecular complexity index is 403. The molecule has 0 aromatic carbocycles. The quantitative estimate of drug-likeness (QED) is 0.864. The van der Waals surface area contributed by atoms with Gasteiger partial charge in [-0.15, -0.1) is 0 Å². The first-order chi connectivity index (χ1) is 8.64. The molecule has 19 heavy (non-hydrogen) atoms. The van der Waals surface area contributed by atoms with E-state index in [4.69, 9.17) is 0 Å². The molecule has 0 bridgehead atoms. The second kappa shape index (κ2) is 5.64. The Morgan fingerprint density at radius 1 is 1.16 bits per heavy atom. The van der Waals surface area contributed by atoms with Crippen LogP contribution in [-0.4, -0.2) is 30.5 Å². The Kier molecular flexibility index (Phi) is 4.61. The van der Waals surface area contributed by atoms with Crippen LogP contribution in [0.1, 0.15) is 5.69 Å². The highest BCUT2D eigenvalue weighted by atomic mass is 19.4. The number of alkyl halides is 6. The van der Waals surface area contributed by atoms with Gasteiger partial charge in [-0.05, 0) is 12.1 Å². The normalized spacial score (nSPS) is 12.8. The highest BCUT2D eigenvalue weighted by Gasteiger charge is 2.57. The Labute approximate surface area is 104 Å². The van der Waals surface area contributed by atoms with E-state index >= 15 is 0 Å². The average Bonchev–Trinajstić information content (AvgIpc) is 2.26. The first-order valence-electron chi connectivity index (χ1n) is 5.03. The monoisotopic (exact) mass is 288 g/mol.